The molecule has 2 atom stereocenters. The summed E-state index contributed by atoms with van der Waals surface area (Å²) in [5.41, 5.74) is 2.82. The average Bonchev–Trinajstić information content (AvgIpc) is 2.68. The van der Waals surface area contributed by atoms with Gasteiger partial charge in [0.2, 0.25) is 5.91 Å². The number of fused-ring (bicyclic) bond motifs is 2. The molecule has 2 fully saturated rings. The summed E-state index contributed by atoms with van der Waals surface area (Å²) in [6.07, 6.45) is 3.25. The van der Waals surface area contributed by atoms with Crippen LogP contribution in [0.4, 0.5) is 0 Å². The SMILES string of the molecule is O=C1CCC(C(=O)N2CC3CCC(C2)O3)=NN1. The molecular weight excluding hydrogens is 222 g/mol. The predicted octanol–water partition coefficient (Wildman–Crippen LogP) is -0.358. The van der Waals surface area contributed by atoms with Crippen molar-refractivity contribution in [3.05, 3.63) is 0 Å². The smallest absolute Gasteiger partial charge is 0.270 e. The highest BCUT2D eigenvalue weighted by atomic mass is 16.5. The Balaban J connectivity index is 1.68. The third-order valence-corrected chi connectivity index (χ3v) is 3.48. The van der Waals surface area contributed by atoms with E-state index in [0.717, 1.165) is 12.8 Å². The van der Waals surface area contributed by atoms with Crippen molar-refractivity contribution in [2.45, 2.75) is 37.9 Å². The van der Waals surface area contributed by atoms with Crippen LogP contribution >= 0.6 is 0 Å². The second-order valence-corrected chi connectivity index (χ2v) is 4.76. The number of rotatable bonds is 1. The molecule has 6 heteroatoms. The van der Waals surface area contributed by atoms with Crippen molar-refractivity contribution in [2.24, 2.45) is 5.10 Å². The fourth-order valence-electron chi connectivity index (χ4n) is 2.59. The molecule has 2 saturated heterocycles. The van der Waals surface area contributed by atoms with Crippen LogP contribution in [0.25, 0.3) is 0 Å². The molecule has 17 heavy (non-hydrogen) atoms. The number of carbonyl (C=O) groups is 2. The zero-order valence-electron chi connectivity index (χ0n) is 9.52. The monoisotopic (exact) mass is 237 g/mol. The highest BCUT2D eigenvalue weighted by Crippen LogP contribution is 2.26. The lowest BCUT2D eigenvalue weighted by atomic mass is 10.1. The Morgan fingerprint density at radius 3 is 2.59 bits per heavy atom. The molecule has 3 aliphatic heterocycles. The Morgan fingerprint density at radius 2 is 2.00 bits per heavy atom. The second-order valence-electron chi connectivity index (χ2n) is 4.76. The molecule has 3 heterocycles. The summed E-state index contributed by atoms with van der Waals surface area (Å²) >= 11 is 0. The molecule has 1 N–H and O–H groups in total. The summed E-state index contributed by atoms with van der Waals surface area (Å²) in [4.78, 5) is 24.9. The van der Waals surface area contributed by atoms with Gasteiger partial charge in [0.05, 0.1) is 12.2 Å². The molecule has 0 aromatic heterocycles. The maximum Gasteiger partial charge on any atom is 0.270 e. The van der Waals surface area contributed by atoms with E-state index < -0.39 is 0 Å². The number of nitrogens with one attached hydrogen (secondary N) is 1. The van der Waals surface area contributed by atoms with Crippen LogP contribution in [0.15, 0.2) is 5.10 Å². The van der Waals surface area contributed by atoms with Crippen LogP contribution in [-0.4, -0.2) is 47.7 Å². The van der Waals surface area contributed by atoms with Gasteiger partial charge >= 0.3 is 0 Å². The van der Waals surface area contributed by atoms with Crippen molar-refractivity contribution in [2.75, 3.05) is 13.1 Å². The lowest BCUT2D eigenvalue weighted by Gasteiger charge is -2.32. The first-order chi connectivity index (χ1) is 8.22. The van der Waals surface area contributed by atoms with Crippen molar-refractivity contribution in [1.82, 2.24) is 10.3 Å². The van der Waals surface area contributed by atoms with E-state index in [1.807, 2.05) is 4.90 Å². The molecule has 0 radical (unpaired) electrons. The fourth-order valence-corrected chi connectivity index (χ4v) is 2.59. The van der Waals surface area contributed by atoms with Crippen molar-refractivity contribution >= 4 is 17.5 Å². The molecule has 3 aliphatic rings. The van der Waals surface area contributed by atoms with Crippen LogP contribution in [0.5, 0.6) is 0 Å². The molecule has 2 amide bonds. The minimum Gasteiger partial charge on any atom is -0.371 e. The number of hydrogen-bond donors (Lipinski definition) is 1. The van der Waals surface area contributed by atoms with E-state index in [2.05, 4.69) is 10.5 Å². The van der Waals surface area contributed by atoms with E-state index in [1.54, 1.807) is 0 Å². The standard InChI is InChI=1S/C11H15N3O3/c15-10-4-3-9(12-13-10)11(16)14-5-7-1-2-8(6-14)17-7/h7-8H,1-6H2,(H,13,15). The fraction of sp³-hybridized carbons (Fsp3) is 0.727. The maximum absolute atomic E-state index is 12.2. The van der Waals surface area contributed by atoms with Crippen LogP contribution in [0.3, 0.4) is 0 Å². The van der Waals surface area contributed by atoms with E-state index >= 15 is 0 Å². The van der Waals surface area contributed by atoms with Gasteiger partial charge in [0, 0.05) is 25.9 Å². The van der Waals surface area contributed by atoms with Crippen molar-refractivity contribution in [3.63, 3.8) is 0 Å². The third-order valence-electron chi connectivity index (χ3n) is 3.48. The zero-order chi connectivity index (χ0) is 11.8. The van der Waals surface area contributed by atoms with Crippen LogP contribution in [-0.2, 0) is 14.3 Å². The molecule has 92 valence electrons. The quantitative estimate of drug-likeness (QED) is 0.677. The summed E-state index contributed by atoms with van der Waals surface area (Å²) in [5.74, 6) is -0.172. The third kappa shape index (κ3) is 2.04. The van der Waals surface area contributed by atoms with Crippen LogP contribution in [0.1, 0.15) is 25.7 Å². The molecular formula is C11H15N3O3. The minimum atomic E-state index is -0.122. The van der Waals surface area contributed by atoms with Crippen molar-refractivity contribution in [1.29, 1.82) is 0 Å². The number of morpholine rings is 1. The predicted molar refractivity (Wildman–Crippen MR) is 59.3 cm³/mol. The normalized spacial score (nSPS) is 32.1. The molecule has 2 unspecified atom stereocenters. The van der Waals surface area contributed by atoms with E-state index in [4.69, 9.17) is 4.74 Å². The summed E-state index contributed by atoms with van der Waals surface area (Å²) in [5, 5.41) is 3.84. The molecule has 0 aliphatic carbocycles. The van der Waals surface area contributed by atoms with Crippen LogP contribution in [0.2, 0.25) is 0 Å². The summed E-state index contributed by atoms with van der Waals surface area (Å²) in [6.45, 7) is 1.31. The largest absolute Gasteiger partial charge is 0.371 e. The van der Waals surface area contributed by atoms with Gasteiger partial charge in [-0.05, 0) is 12.8 Å². The lowest BCUT2D eigenvalue weighted by Crippen LogP contribution is -2.49. The molecule has 0 aromatic carbocycles. The van der Waals surface area contributed by atoms with Gasteiger partial charge < -0.3 is 9.64 Å². The van der Waals surface area contributed by atoms with Gasteiger partial charge in [0.25, 0.3) is 5.91 Å². The number of amides is 2. The first-order valence-electron chi connectivity index (χ1n) is 6.02. The Hall–Kier alpha value is -1.43. The molecule has 0 saturated carbocycles. The van der Waals surface area contributed by atoms with E-state index in [-0.39, 0.29) is 24.0 Å². The number of nitrogens with zero attached hydrogens (tertiary/aromatic N) is 2. The van der Waals surface area contributed by atoms with E-state index in [0.29, 0.717) is 31.6 Å². The van der Waals surface area contributed by atoms with Gasteiger partial charge in [0.1, 0.15) is 5.71 Å². The van der Waals surface area contributed by atoms with Crippen LogP contribution in [0, 0.1) is 0 Å². The molecule has 0 aromatic rings. The molecule has 2 bridgehead atoms. The lowest BCUT2D eigenvalue weighted by molar-refractivity contribution is -0.132. The second kappa shape index (κ2) is 4.10. The topological polar surface area (TPSA) is 71.0 Å². The first-order valence-corrected chi connectivity index (χ1v) is 6.02. The Bertz CT molecular complexity index is 381. The Labute approximate surface area is 99.0 Å². The maximum atomic E-state index is 12.2. The number of hydrazone groups is 1. The average molecular weight is 237 g/mol. The Kier molecular flexibility index (Phi) is 2.58. The van der Waals surface area contributed by atoms with Gasteiger partial charge in [-0.25, -0.2) is 5.43 Å². The van der Waals surface area contributed by atoms with Gasteiger partial charge in [-0.3, -0.25) is 9.59 Å². The van der Waals surface area contributed by atoms with Gasteiger partial charge in [-0.15, -0.1) is 0 Å². The zero-order valence-corrected chi connectivity index (χ0v) is 9.52. The van der Waals surface area contributed by atoms with E-state index in [9.17, 15) is 9.59 Å². The highest BCUT2D eigenvalue weighted by Gasteiger charge is 2.37. The molecule has 6 nitrogen and oxygen atoms in total. The van der Waals surface area contributed by atoms with Crippen molar-refractivity contribution < 1.29 is 14.3 Å². The number of carbonyl (C=O) groups excluding carboxylic acids is 2. The summed E-state index contributed by atoms with van der Waals surface area (Å²) in [6, 6.07) is 0. The molecule has 0 spiro atoms. The molecule has 3 rings (SSSR count). The summed E-state index contributed by atoms with van der Waals surface area (Å²) in [7, 11) is 0. The van der Waals surface area contributed by atoms with Gasteiger partial charge in [-0.1, -0.05) is 0 Å². The summed E-state index contributed by atoms with van der Waals surface area (Å²) < 4.78 is 5.68. The Morgan fingerprint density at radius 1 is 1.29 bits per heavy atom. The first kappa shape index (κ1) is 10.7. The van der Waals surface area contributed by atoms with E-state index in [1.165, 1.54) is 0 Å². The number of likely N-dealkylation sites (tertiary alicyclic amines) is 1. The number of ether oxygens (including phenoxy) is 1. The highest BCUT2D eigenvalue weighted by molar-refractivity contribution is 6.39. The minimum absolute atomic E-state index is 0.0507. The van der Waals surface area contributed by atoms with Crippen LogP contribution < -0.4 is 5.43 Å². The number of hydrogen-bond acceptors (Lipinski definition) is 4. The van der Waals surface area contributed by atoms with Gasteiger partial charge in [0.15, 0.2) is 0 Å². The van der Waals surface area contributed by atoms with Crippen molar-refractivity contribution in [3.8, 4) is 0 Å². The van der Waals surface area contributed by atoms with Gasteiger partial charge in [-0.2, -0.15) is 5.10 Å².